The molecule has 0 aromatic heterocycles. The van der Waals surface area contributed by atoms with Crippen molar-refractivity contribution in [1.82, 2.24) is 10.2 Å². The van der Waals surface area contributed by atoms with E-state index in [0.717, 1.165) is 12.1 Å². The van der Waals surface area contributed by atoms with E-state index in [2.05, 4.69) is 5.32 Å². The molecule has 110 valence electrons. The number of carbonyl (C=O) groups is 1. The van der Waals surface area contributed by atoms with E-state index in [1.54, 1.807) is 0 Å². The highest BCUT2D eigenvalue weighted by atomic mass is 35.5. The largest absolute Gasteiger partial charge is 0.320 e. The number of hydrogen-bond donors (Lipinski definition) is 1. The molecule has 9 heteroatoms. The summed E-state index contributed by atoms with van der Waals surface area (Å²) in [5, 5.41) is 22.8. The summed E-state index contributed by atoms with van der Waals surface area (Å²) in [6.45, 7) is 1.18. The van der Waals surface area contributed by atoms with Crippen LogP contribution in [-0.2, 0) is 0 Å². The molecule has 0 aliphatic carbocycles. The highest BCUT2D eigenvalue weighted by Crippen LogP contribution is 2.32. The number of rotatable bonds is 2. The van der Waals surface area contributed by atoms with Gasteiger partial charge in [-0.1, -0.05) is 23.2 Å². The molecule has 1 amide bonds. The average Bonchev–Trinajstić information content (AvgIpc) is 2.48. The van der Waals surface area contributed by atoms with E-state index in [1.165, 1.54) is 4.90 Å². The van der Waals surface area contributed by atoms with Gasteiger partial charge in [0.15, 0.2) is 0 Å². The average molecular weight is 329 g/mol. The van der Waals surface area contributed by atoms with Crippen molar-refractivity contribution in [3.8, 4) is 6.07 Å². The molecule has 1 fully saturated rings. The van der Waals surface area contributed by atoms with Crippen LogP contribution in [0, 0.1) is 21.4 Å². The fourth-order valence-electron chi connectivity index (χ4n) is 2.05. The predicted octanol–water partition coefficient (Wildman–Crippen LogP) is 1.84. The van der Waals surface area contributed by atoms with Crippen molar-refractivity contribution in [2.45, 2.75) is 6.04 Å². The lowest BCUT2D eigenvalue weighted by Crippen LogP contribution is -2.53. The lowest BCUT2D eigenvalue weighted by Gasteiger charge is -2.32. The lowest BCUT2D eigenvalue weighted by atomic mass is 10.1. The van der Waals surface area contributed by atoms with Crippen LogP contribution in [0.25, 0.3) is 0 Å². The Kier molecular flexibility index (Phi) is 4.63. The monoisotopic (exact) mass is 328 g/mol. The molecule has 0 radical (unpaired) electrons. The predicted molar refractivity (Wildman–Crippen MR) is 76.4 cm³/mol. The number of nitrogens with zero attached hydrogens (tertiary/aromatic N) is 3. The summed E-state index contributed by atoms with van der Waals surface area (Å²) in [4.78, 5) is 24.0. The van der Waals surface area contributed by atoms with Crippen LogP contribution in [-0.4, -0.2) is 41.4 Å². The van der Waals surface area contributed by atoms with Crippen LogP contribution in [0.2, 0.25) is 10.0 Å². The Hall–Kier alpha value is -1.88. The maximum Gasteiger partial charge on any atom is 0.271 e. The van der Waals surface area contributed by atoms with Gasteiger partial charge in [0, 0.05) is 31.8 Å². The molecular formula is C12H10Cl2N4O3. The first-order valence-corrected chi connectivity index (χ1v) is 6.76. The van der Waals surface area contributed by atoms with Gasteiger partial charge in [0.2, 0.25) is 0 Å². The molecule has 1 unspecified atom stereocenters. The van der Waals surface area contributed by atoms with Crippen molar-refractivity contribution >= 4 is 34.8 Å². The first kappa shape index (κ1) is 15.5. The Labute approximate surface area is 130 Å². The Balaban J connectivity index is 2.43. The Morgan fingerprint density at radius 1 is 1.52 bits per heavy atom. The molecule has 0 bridgehead atoms. The summed E-state index contributed by atoms with van der Waals surface area (Å²) in [6.07, 6.45) is 0. The standard InChI is InChI=1S/C12H10Cl2N4O3/c13-10-4-7(18(20)21)3-9(11(10)14)12(19)17-2-1-16-6-8(17)5-15/h3-4,8,16H,1-2,6H2. The SMILES string of the molecule is N#CC1CNCCN1C(=O)c1cc([N+](=O)[O-])cc(Cl)c1Cl. The van der Waals surface area contributed by atoms with Crippen LogP contribution >= 0.6 is 23.2 Å². The Morgan fingerprint density at radius 3 is 2.86 bits per heavy atom. The van der Waals surface area contributed by atoms with Gasteiger partial charge in [-0.05, 0) is 0 Å². The number of benzene rings is 1. The highest BCUT2D eigenvalue weighted by Gasteiger charge is 2.30. The third kappa shape index (κ3) is 3.08. The minimum absolute atomic E-state index is 0.0533. The summed E-state index contributed by atoms with van der Waals surface area (Å²) in [5.41, 5.74) is -0.394. The van der Waals surface area contributed by atoms with E-state index in [1.807, 2.05) is 6.07 Å². The van der Waals surface area contributed by atoms with E-state index < -0.39 is 16.9 Å². The van der Waals surface area contributed by atoms with Gasteiger partial charge in [-0.2, -0.15) is 5.26 Å². The van der Waals surface area contributed by atoms with E-state index in [-0.39, 0.29) is 21.3 Å². The van der Waals surface area contributed by atoms with Crippen LogP contribution in [0.1, 0.15) is 10.4 Å². The van der Waals surface area contributed by atoms with Gasteiger partial charge >= 0.3 is 0 Å². The van der Waals surface area contributed by atoms with E-state index >= 15 is 0 Å². The van der Waals surface area contributed by atoms with Crippen LogP contribution < -0.4 is 5.32 Å². The molecule has 0 spiro atoms. The number of nitriles is 1. The molecule has 21 heavy (non-hydrogen) atoms. The van der Waals surface area contributed by atoms with Crippen molar-refractivity contribution in [3.63, 3.8) is 0 Å². The highest BCUT2D eigenvalue weighted by molar-refractivity contribution is 6.44. The number of hydrogen-bond acceptors (Lipinski definition) is 5. The molecule has 1 atom stereocenters. The van der Waals surface area contributed by atoms with Gasteiger partial charge in [-0.3, -0.25) is 14.9 Å². The third-order valence-corrected chi connectivity index (χ3v) is 3.91. The molecule has 1 aliphatic rings. The lowest BCUT2D eigenvalue weighted by molar-refractivity contribution is -0.384. The molecule has 1 heterocycles. The number of nitro benzene ring substituents is 1. The summed E-state index contributed by atoms with van der Waals surface area (Å²) in [7, 11) is 0. The number of piperazine rings is 1. The van der Waals surface area contributed by atoms with Gasteiger partial charge in [-0.25, -0.2) is 0 Å². The number of halogens is 2. The molecular weight excluding hydrogens is 319 g/mol. The van der Waals surface area contributed by atoms with Crippen molar-refractivity contribution < 1.29 is 9.72 Å². The molecule has 0 saturated carbocycles. The third-order valence-electron chi connectivity index (χ3n) is 3.11. The second-order valence-corrected chi connectivity index (χ2v) is 5.18. The molecule has 1 aromatic carbocycles. The Bertz CT molecular complexity index is 644. The van der Waals surface area contributed by atoms with Gasteiger partial charge in [0.1, 0.15) is 6.04 Å². The van der Waals surface area contributed by atoms with Crippen molar-refractivity contribution in [2.75, 3.05) is 19.6 Å². The van der Waals surface area contributed by atoms with E-state index in [9.17, 15) is 14.9 Å². The summed E-state index contributed by atoms with van der Waals surface area (Å²) in [5.74, 6) is -0.543. The summed E-state index contributed by atoms with van der Waals surface area (Å²) < 4.78 is 0. The zero-order chi connectivity index (χ0) is 15.6. The topological polar surface area (TPSA) is 99.3 Å². The van der Waals surface area contributed by atoms with Crippen LogP contribution in [0.4, 0.5) is 5.69 Å². The second-order valence-electron chi connectivity index (χ2n) is 4.39. The zero-order valence-corrected chi connectivity index (χ0v) is 12.2. The van der Waals surface area contributed by atoms with Crippen molar-refractivity contribution in [2.24, 2.45) is 0 Å². The van der Waals surface area contributed by atoms with Crippen LogP contribution in [0.5, 0.6) is 0 Å². The van der Waals surface area contributed by atoms with Gasteiger partial charge < -0.3 is 10.2 Å². The second kappa shape index (κ2) is 6.26. The number of nitro groups is 1. The van der Waals surface area contributed by atoms with Crippen molar-refractivity contribution in [3.05, 3.63) is 37.9 Å². The first-order chi connectivity index (χ1) is 9.95. The number of nitrogens with one attached hydrogen (secondary N) is 1. The van der Waals surface area contributed by atoms with E-state index in [0.29, 0.717) is 19.6 Å². The maximum atomic E-state index is 12.5. The van der Waals surface area contributed by atoms with E-state index in [4.69, 9.17) is 28.5 Å². The molecule has 2 rings (SSSR count). The summed E-state index contributed by atoms with van der Waals surface area (Å²) >= 11 is 11.8. The number of carbonyl (C=O) groups excluding carboxylic acids is 1. The summed E-state index contributed by atoms with van der Waals surface area (Å²) in [6, 6.07) is 3.52. The minimum atomic E-state index is -0.654. The van der Waals surface area contributed by atoms with Gasteiger partial charge in [0.25, 0.3) is 11.6 Å². The zero-order valence-electron chi connectivity index (χ0n) is 10.7. The minimum Gasteiger partial charge on any atom is -0.320 e. The van der Waals surface area contributed by atoms with Gasteiger partial charge in [0.05, 0.1) is 26.6 Å². The Morgan fingerprint density at radius 2 is 2.24 bits per heavy atom. The number of non-ortho nitro benzene ring substituents is 1. The molecule has 1 N–H and O–H groups in total. The normalized spacial score (nSPS) is 18.1. The van der Waals surface area contributed by atoms with Crippen molar-refractivity contribution in [1.29, 1.82) is 5.26 Å². The molecule has 1 aliphatic heterocycles. The maximum absolute atomic E-state index is 12.5. The molecule has 1 saturated heterocycles. The fourth-order valence-corrected chi connectivity index (χ4v) is 2.46. The fraction of sp³-hybridized carbons (Fsp3) is 0.333. The molecule has 7 nitrogen and oxygen atoms in total. The van der Waals surface area contributed by atoms with Gasteiger partial charge in [-0.15, -0.1) is 0 Å². The van der Waals surface area contributed by atoms with Crippen LogP contribution in [0.3, 0.4) is 0 Å². The van der Waals surface area contributed by atoms with Crippen LogP contribution in [0.15, 0.2) is 12.1 Å². The molecule has 1 aromatic rings. The quantitative estimate of drug-likeness (QED) is 0.659. The smallest absolute Gasteiger partial charge is 0.271 e. The first-order valence-electron chi connectivity index (χ1n) is 6.00. The number of amides is 1.